The lowest BCUT2D eigenvalue weighted by Gasteiger charge is -2.16. The summed E-state index contributed by atoms with van der Waals surface area (Å²) >= 11 is 0. The molecule has 0 saturated heterocycles. The zero-order valence-corrected chi connectivity index (χ0v) is 15.3. The molecule has 1 aliphatic heterocycles. The predicted octanol–water partition coefficient (Wildman–Crippen LogP) is -0.613. The first kappa shape index (κ1) is 20.8. The summed E-state index contributed by atoms with van der Waals surface area (Å²) in [6.45, 7) is -0.279. The number of carbonyl (C=O) groups excluding carboxylic acids is 1. The van der Waals surface area contributed by atoms with Crippen LogP contribution in [0.2, 0.25) is 0 Å². The van der Waals surface area contributed by atoms with Gasteiger partial charge in [-0.05, 0) is 12.0 Å². The summed E-state index contributed by atoms with van der Waals surface area (Å²) in [6, 6.07) is 7.76. The molecule has 0 aromatic heterocycles. The molecule has 2 atom stereocenters. The molecule has 0 unspecified atom stereocenters. The normalized spacial score (nSPS) is 17.3. The van der Waals surface area contributed by atoms with E-state index in [1.54, 1.807) is 0 Å². The van der Waals surface area contributed by atoms with Crippen LogP contribution in [0.4, 0.5) is 0 Å². The number of oxime groups is 1. The van der Waals surface area contributed by atoms with E-state index in [4.69, 9.17) is 4.84 Å². The molecule has 1 aromatic carbocycles. The van der Waals surface area contributed by atoms with Crippen LogP contribution in [0.5, 0.6) is 0 Å². The highest BCUT2D eigenvalue weighted by Gasteiger charge is 2.25. The number of carbonyl (C=O) groups is 2. The first-order valence-corrected chi connectivity index (χ1v) is 9.82. The van der Waals surface area contributed by atoms with Gasteiger partial charge < -0.3 is 15.3 Å². The topological polar surface area (TPSA) is 146 Å². The highest BCUT2D eigenvalue weighted by molar-refractivity contribution is 7.87. The lowest BCUT2D eigenvalue weighted by Crippen LogP contribution is -2.52. The van der Waals surface area contributed by atoms with E-state index in [1.807, 2.05) is 35.1 Å². The Bertz CT molecular complexity index is 760. The Labute approximate surface area is 157 Å². The van der Waals surface area contributed by atoms with E-state index in [0.717, 1.165) is 5.56 Å². The third-order valence-corrected chi connectivity index (χ3v) is 4.89. The van der Waals surface area contributed by atoms with Crippen molar-refractivity contribution < 1.29 is 28.0 Å². The Hall–Kier alpha value is -2.50. The van der Waals surface area contributed by atoms with Crippen LogP contribution in [0.15, 0.2) is 35.5 Å². The number of benzene rings is 1. The molecule has 1 aromatic rings. The number of nitrogens with one attached hydrogen (secondary N) is 3. The van der Waals surface area contributed by atoms with E-state index < -0.39 is 28.1 Å². The van der Waals surface area contributed by atoms with Crippen molar-refractivity contribution in [3.05, 3.63) is 35.9 Å². The van der Waals surface area contributed by atoms with Gasteiger partial charge in [0, 0.05) is 25.7 Å². The maximum Gasteiger partial charge on any atom is 0.323 e. The van der Waals surface area contributed by atoms with Crippen molar-refractivity contribution in [1.82, 2.24) is 14.8 Å². The van der Waals surface area contributed by atoms with E-state index >= 15 is 0 Å². The maximum absolute atomic E-state index is 12.0. The van der Waals surface area contributed by atoms with Crippen molar-refractivity contribution in [2.75, 3.05) is 13.1 Å². The Morgan fingerprint density at radius 3 is 2.67 bits per heavy atom. The van der Waals surface area contributed by atoms with Crippen molar-refractivity contribution in [1.29, 1.82) is 0 Å². The average Bonchev–Trinajstić information content (AvgIpc) is 3.12. The summed E-state index contributed by atoms with van der Waals surface area (Å²) in [7, 11) is -4.04. The van der Waals surface area contributed by atoms with Crippen LogP contribution in [0.1, 0.15) is 18.4 Å². The summed E-state index contributed by atoms with van der Waals surface area (Å²) in [4.78, 5) is 28.0. The summed E-state index contributed by atoms with van der Waals surface area (Å²) < 4.78 is 28.4. The third kappa shape index (κ3) is 7.72. The predicted molar refractivity (Wildman–Crippen MR) is 97.2 cm³/mol. The number of hydrogen-bond donors (Lipinski definition) is 4. The van der Waals surface area contributed by atoms with E-state index in [-0.39, 0.29) is 25.6 Å². The molecule has 1 aliphatic rings. The lowest BCUT2D eigenvalue weighted by molar-refractivity contribution is -0.139. The zero-order valence-electron chi connectivity index (χ0n) is 14.5. The first-order valence-electron chi connectivity index (χ1n) is 8.34. The molecule has 148 valence electrons. The number of aliphatic carboxylic acids is 1. The largest absolute Gasteiger partial charge is 0.480 e. The van der Waals surface area contributed by atoms with E-state index in [9.17, 15) is 23.1 Å². The molecule has 0 radical (unpaired) electrons. The van der Waals surface area contributed by atoms with Gasteiger partial charge in [0.2, 0.25) is 5.91 Å². The molecular formula is C16H22N4O6S. The van der Waals surface area contributed by atoms with Gasteiger partial charge in [0.15, 0.2) is 0 Å². The molecule has 27 heavy (non-hydrogen) atoms. The molecular weight excluding hydrogens is 376 g/mol. The van der Waals surface area contributed by atoms with Crippen molar-refractivity contribution >= 4 is 28.3 Å². The van der Waals surface area contributed by atoms with Crippen LogP contribution >= 0.6 is 0 Å². The fourth-order valence-electron chi connectivity index (χ4n) is 2.33. The van der Waals surface area contributed by atoms with Crippen LogP contribution < -0.4 is 14.8 Å². The van der Waals surface area contributed by atoms with Crippen LogP contribution in [0.3, 0.4) is 0 Å². The van der Waals surface area contributed by atoms with E-state index in [2.05, 4.69) is 15.2 Å². The van der Waals surface area contributed by atoms with Gasteiger partial charge in [-0.3, -0.25) is 9.59 Å². The number of carboxylic acid groups (broad SMARTS) is 1. The van der Waals surface area contributed by atoms with Gasteiger partial charge in [0.05, 0.1) is 6.42 Å². The van der Waals surface area contributed by atoms with Gasteiger partial charge in [-0.1, -0.05) is 35.5 Å². The molecule has 0 aliphatic carbocycles. The van der Waals surface area contributed by atoms with Crippen molar-refractivity contribution in [3.8, 4) is 0 Å². The highest BCUT2D eigenvalue weighted by atomic mass is 32.2. The number of rotatable bonds is 11. The zero-order chi connectivity index (χ0) is 19.7. The maximum atomic E-state index is 12.0. The monoisotopic (exact) mass is 398 g/mol. The summed E-state index contributed by atoms with van der Waals surface area (Å²) in [5.41, 5.74) is 0.945. The second-order valence-electron chi connectivity index (χ2n) is 5.90. The van der Waals surface area contributed by atoms with Crippen molar-refractivity contribution in [2.24, 2.45) is 5.16 Å². The van der Waals surface area contributed by atoms with Gasteiger partial charge in [-0.2, -0.15) is 13.1 Å². The SMILES string of the molecule is O=C(C[C@@H]1CC=NO1)NC[C@H](NS(=O)(=O)NCCc1ccccc1)C(=O)O. The van der Waals surface area contributed by atoms with Crippen molar-refractivity contribution in [3.63, 3.8) is 0 Å². The average molecular weight is 398 g/mol. The molecule has 10 nitrogen and oxygen atoms in total. The minimum Gasteiger partial charge on any atom is -0.480 e. The molecule has 11 heteroatoms. The standard InChI is InChI=1S/C16H22N4O6S/c21-15(10-13-7-8-18-26-13)17-11-14(16(22)23)20-27(24,25)19-9-6-12-4-2-1-3-5-12/h1-5,8,13-14,19-20H,6-7,9-11H2,(H,17,21)(H,22,23)/t13-,14-/m0/s1. The lowest BCUT2D eigenvalue weighted by atomic mass is 10.2. The second kappa shape index (κ2) is 10.00. The molecule has 1 amide bonds. The Balaban J connectivity index is 1.77. The highest BCUT2D eigenvalue weighted by Crippen LogP contribution is 2.08. The summed E-state index contributed by atoms with van der Waals surface area (Å²) in [6.07, 6.45) is 2.11. The van der Waals surface area contributed by atoms with E-state index in [1.165, 1.54) is 6.21 Å². The summed E-state index contributed by atoms with van der Waals surface area (Å²) in [5, 5.41) is 15.1. The van der Waals surface area contributed by atoms with Gasteiger partial charge in [-0.25, -0.2) is 4.72 Å². The molecule has 0 saturated carbocycles. The number of nitrogens with zero attached hydrogens (tertiary/aromatic N) is 1. The Morgan fingerprint density at radius 1 is 1.30 bits per heavy atom. The third-order valence-electron chi connectivity index (χ3n) is 3.71. The van der Waals surface area contributed by atoms with Gasteiger partial charge in [0.1, 0.15) is 12.1 Å². The number of hydrogen-bond acceptors (Lipinski definition) is 6. The van der Waals surface area contributed by atoms with E-state index in [0.29, 0.717) is 12.8 Å². The quantitative estimate of drug-likeness (QED) is 0.391. The summed E-state index contributed by atoms with van der Waals surface area (Å²) in [5.74, 6) is -1.85. The minimum atomic E-state index is -4.04. The molecule has 1 heterocycles. The van der Waals surface area contributed by atoms with Crippen molar-refractivity contribution in [2.45, 2.75) is 31.4 Å². The molecule has 2 rings (SSSR count). The van der Waals surface area contributed by atoms with Crippen LogP contribution in [0.25, 0.3) is 0 Å². The molecule has 4 N–H and O–H groups in total. The Kier molecular flexibility index (Phi) is 7.70. The van der Waals surface area contributed by atoms with Crippen LogP contribution in [-0.4, -0.2) is 56.9 Å². The first-order chi connectivity index (χ1) is 12.9. The fourth-order valence-corrected chi connectivity index (χ4v) is 3.34. The smallest absolute Gasteiger partial charge is 0.323 e. The van der Waals surface area contributed by atoms with Gasteiger partial charge >= 0.3 is 5.97 Å². The second-order valence-corrected chi connectivity index (χ2v) is 7.43. The van der Waals surface area contributed by atoms with Crippen LogP contribution in [-0.2, 0) is 31.1 Å². The molecule has 0 spiro atoms. The van der Waals surface area contributed by atoms with Gasteiger partial charge in [0.25, 0.3) is 10.2 Å². The minimum absolute atomic E-state index is 0.00835. The number of carboxylic acids is 1. The fraction of sp³-hybridized carbons (Fsp3) is 0.438. The van der Waals surface area contributed by atoms with Gasteiger partial charge in [-0.15, -0.1) is 0 Å². The Morgan fingerprint density at radius 2 is 2.04 bits per heavy atom. The molecule has 0 fully saturated rings. The number of amides is 1. The van der Waals surface area contributed by atoms with Crippen LogP contribution in [0, 0.1) is 0 Å². The molecule has 0 bridgehead atoms.